The molecule has 2 aromatic carbocycles. The van der Waals surface area contributed by atoms with Gasteiger partial charge in [-0.25, -0.2) is 4.79 Å². The molecule has 0 spiro atoms. The number of hydrogen-bond donors (Lipinski definition) is 1. The summed E-state index contributed by atoms with van der Waals surface area (Å²) in [5, 5.41) is 0. The standard InChI is InChI=1S/C17H19NO2/c18-16-11-6-10-15(13-16)17(19)20-12-5-4-9-14-7-2-1-3-8-14/h1-3,6-8,10-11,13H,4-5,9,12,18H2. The molecule has 0 aliphatic rings. The summed E-state index contributed by atoms with van der Waals surface area (Å²) in [6.45, 7) is 0.445. The third-order valence-electron chi connectivity index (χ3n) is 3.06. The smallest absolute Gasteiger partial charge is 0.338 e. The van der Waals surface area contributed by atoms with Gasteiger partial charge in [0.15, 0.2) is 0 Å². The molecular weight excluding hydrogens is 250 g/mol. The highest BCUT2D eigenvalue weighted by molar-refractivity contribution is 5.90. The van der Waals surface area contributed by atoms with E-state index in [1.54, 1.807) is 24.3 Å². The van der Waals surface area contributed by atoms with Crippen molar-refractivity contribution >= 4 is 11.7 Å². The fraction of sp³-hybridized carbons (Fsp3) is 0.235. The number of unbranched alkanes of at least 4 members (excludes halogenated alkanes) is 1. The van der Waals surface area contributed by atoms with Crippen LogP contribution in [0.25, 0.3) is 0 Å². The van der Waals surface area contributed by atoms with Gasteiger partial charge in [-0.1, -0.05) is 36.4 Å². The molecule has 3 heteroatoms. The molecule has 104 valence electrons. The first-order valence-electron chi connectivity index (χ1n) is 6.82. The number of rotatable bonds is 6. The van der Waals surface area contributed by atoms with Crippen molar-refractivity contribution in [1.82, 2.24) is 0 Å². The minimum absolute atomic E-state index is 0.308. The first-order chi connectivity index (χ1) is 9.75. The maximum absolute atomic E-state index is 11.8. The van der Waals surface area contributed by atoms with Crippen LogP contribution in [0.15, 0.2) is 54.6 Å². The number of hydrogen-bond acceptors (Lipinski definition) is 3. The number of anilines is 1. The summed E-state index contributed by atoms with van der Waals surface area (Å²) in [5.74, 6) is -0.308. The second-order valence-electron chi connectivity index (χ2n) is 4.70. The number of carbonyl (C=O) groups is 1. The number of carbonyl (C=O) groups excluding carboxylic acids is 1. The van der Waals surface area contributed by atoms with Crippen molar-refractivity contribution in [3.8, 4) is 0 Å². The van der Waals surface area contributed by atoms with Gasteiger partial charge in [0.25, 0.3) is 0 Å². The average Bonchev–Trinajstić information content (AvgIpc) is 2.48. The predicted molar refractivity (Wildman–Crippen MR) is 80.5 cm³/mol. The van der Waals surface area contributed by atoms with Crippen LogP contribution < -0.4 is 5.73 Å². The lowest BCUT2D eigenvalue weighted by Crippen LogP contribution is -2.07. The molecule has 2 rings (SSSR count). The van der Waals surface area contributed by atoms with E-state index < -0.39 is 0 Å². The lowest BCUT2D eigenvalue weighted by molar-refractivity contribution is 0.0498. The fourth-order valence-electron chi connectivity index (χ4n) is 1.99. The molecule has 0 bridgehead atoms. The number of esters is 1. The number of ether oxygens (including phenoxy) is 1. The molecule has 3 nitrogen and oxygen atoms in total. The maximum Gasteiger partial charge on any atom is 0.338 e. The van der Waals surface area contributed by atoms with Crippen LogP contribution in [-0.4, -0.2) is 12.6 Å². The van der Waals surface area contributed by atoms with Gasteiger partial charge in [0.1, 0.15) is 0 Å². The summed E-state index contributed by atoms with van der Waals surface area (Å²) < 4.78 is 5.23. The summed E-state index contributed by atoms with van der Waals surface area (Å²) in [6.07, 6.45) is 2.88. The highest BCUT2D eigenvalue weighted by Crippen LogP contribution is 2.09. The van der Waals surface area contributed by atoms with Crippen LogP contribution in [0.1, 0.15) is 28.8 Å². The van der Waals surface area contributed by atoms with Crippen molar-refractivity contribution < 1.29 is 9.53 Å². The minimum Gasteiger partial charge on any atom is -0.462 e. The largest absolute Gasteiger partial charge is 0.462 e. The van der Waals surface area contributed by atoms with E-state index in [-0.39, 0.29) is 5.97 Å². The molecule has 0 radical (unpaired) electrons. The highest BCUT2D eigenvalue weighted by atomic mass is 16.5. The van der Waals surface area contributed by atoms with Crippen molar-refractivity contribution in [2.24, 2.45) is 0 Å². The molecule has 0 aliphatic carbocycles. The predicted octanol–water partition coefficient (Wildman–Crippen LogP) is 3.45. The number of nitrogen functional groups attached to an aromatic ring is 1. The van der Waals surface area contributed by atoms with Crippen molar-refractivity contribution in [2.45, 2.75) is 19.3 Å². The van der Waals surface area contributed by atoms with E-state index in [0.717, 1.165) is 19.3 Å². The third-order valence-corrected chi connectivity index (χ3v) is 3.06. The van der Waals surface area contributed by atoms with Crippen molar-refractivity contribution in [3.63, 3.8) is 0 Å². The Morgan fingerprint density at radius 3 is 2.55 bits per heavy atom. The van der Waals surface area contributed by atoms with E-state index in [2.05, 4.69) is 12.1 Å². The molecular formula is C17H19NO2. The van der Waals surface area contributed by atoms with Crippen LogP contribution >= 0.6 is 0 Å². The zero-order valence-corrected chi connectivity index (χ0v) is 11.4. The van der Waals surface area contributed by atoms with Gasteiger partial charge >= 0.3 is 5.97 Å². The van der Waals surface area contributed by atoms with Crippen LogP contribution in [0.3, 0.4) is 0 Å². The Hall–Kier alpha value is -2.29. The monoisotopic (exact) mass is 269 g/mol. The molecule has 0 amide bonds. The molecule has 20 heavy (non-hydrogen) atoms. The van der Waals surface area contributed by atoms with Gasteiger partial charge in [0.05, 0.1) is 12.2 Å². The van der Waals surface area contributed by atoms with Crippen molar-refractivity contribution in [1.29, 1.82) is 0 Å². The number of nitrogens with two attached hydrogens (primary N) is 1. The van der Waals surface area contributed by atoms with E-state index in [4.69, 9.17) is 10.5 Å². The molecule has 0 atom stereocenters. The maximum atomic E-state index is 11.8. The molecule has 0 unspecified atom stereocenters. The van der Waals surface area contributed by atoms with Gasteiger partial charge in [-0.05, 0) is 43.0 Å². The highest BCUT2D eigenvalue weighted by Gasteiger charge is 2.06. The number of aryl methyl sites for hydroxylation is 1. The van der Waals surface area contributed by atoms with E-state index in [1.807, 2.05) is 18.2 Å². The molecule has 2 aromatic rings. The van der Waals surface area contributed by atoms with Gasteiger partial charge in [-0.3, -0.25) is 0 Å². The molecule has 2 N–H and O–H groups in total. The summed E-state index contributed by atoms with van der Waals surface area (Å²) >= 11 is 0. The van der Waals surface area contributed by atoms with Crippen LogP contribution in [0, 0.1) is 0 Å². The Balaban J connectivity index is 1.67. The Morgan fingerprint density at radius 1 is 1.00 bits per heavy atom. The zero-order chi connectivity index (χ0) is 14.2. The second-order valence-corrected chi connectivity index (χ2v) is 4.70. The van der Waals surface area contributed by atoms with Gasteiger partial charge < -0.3 is 10.5 Å². The first kappa shape index (κ1) is 14.1. The Morgan fingerprint density at radius 2 is 1.80 bits per heavy atom. The molecule has 0 fully saturated rings. The van der Waals surface area contributed by atoms with Gasteiger partial charge in [0, 0.05) is 5.69 Å². The van der Waals surface area contributed by atoms with Crippen LogP contribution in [0.4, 0.5) is 5.69 Å². The van der Waals surface area contributed by atoms with Crippen molar-refractivity contribution in [3.05, 3.63) is 65.7 Å². The fourth-order valence-corrected chi connectivity index (χ4v) is 1.99. The SMILES string of the molecule is Nc1cccc(C(=O)OCCCCc2ccccc2)c1. The third kappa shape index (κ3) is 4.43. The first-order valence-corrected chi connectivity index (χ1v) is 6.82. The van der Waals surface area contributed by atoms with Crippen molar-refractivity contribution in [2.75, 3.05) is 12.3 Å². The summed E-state index contributed by atoms with van der Waals surface area (Å²) in [6, 6.07) is 17.1. The van der Waals surface area contributed by atoms with Gasteiger partial charge in [-0.2, -0.15) is 0 Å². The van der Waals surface area contributed by atoms with Gasteiger partial charge in [0.2, 0.25) is 0 Å². The van der Waals surface area contributed by atoms with Crippen LogP contribution in [0.5, 0.6) is 0 Å². The summed E-state index contributed by atoms with van der Waals surface area (Å²) in [7, 11) is 0. The Kier molecular flexibility index (Phi) is 5.18. The Bertz CT molecular complexity index is 552. The average molecular weight is 269 g/mol. The quantitative estimate of drug-likeness (QED) is 0.496. The lowest BCUT2D eigenvalue weighted by atomic mass is 10.1. The topological polar surface area (TPSA) is 52.3 Å². The van der Waals surface area contributed by atoms with E-state index in [0.29, 0.717) is 17.9 Å². The Labute approximate surface area is 119 Å². The molecule has 0 saturated heterocycles. The normalized spacial score (nSPS) is 10.2. The molecule has 0 aromatic heterocycles. The lowest BCUT2D eigenvalue weighted by Gasteiger charge is -2.05. The van der Waals surface area contributed by atoms with Gasteiger partial charge in [-0.15, -0.1) is 0 Å². The number of benzene rings is 2. The molecule has 0 saturated carbocycles. The second kappa shape index (κ2) is 7.34. The molecule has 0 heterocycles. The zero-order valence-electron chi connectivity index (χ0n) is 11.4. The van der Waals surface area contributed by atoms with E-state index in [9.17, 15) is 4.79 Å². The minimum atomic E-state index is -0.308. The molecule has 0 aliphatic heterocycles. The van der Waals surface area contributed by atoms with E-state index in [1.165, 1.54) is 5.56 Å². The van der Waals surface area contributed by atoms with E-state index >= 15 is 0 Å². The summed E-state index contributed by atoms with van der Waals surface area (Å²) in [5.41, 5.74) is 8.02. The van der Waals surface area contributed by atoms with Crippen LogP contribution in [-0.2, 0) is 11.2 Å². The summed E-state index contributed by atoms with van der Waals surface area (Å²) in [4.78, 5) is 11.8. The van der Waals surface area contributed by atoms with Crippen LogP contribution in [0.2, 0.25) is 0 Å².